The highest BCUT2D eigenvalue weighted by Crippen LogP contribution is 2.40. The summed E-state index contributed by atoms with van der Waals surface area (Å²) in [6.45, 7) is 2.80. The van der Waals surface area contributed by atoms with Gasteiger partial charge in [0, 0.05) is 10.6 Å². The lowest BCUT2D eigenvalue weighted by Crippen LogP contribution is -2.27. The first-order valence-electron chi connectivity index (χ1n) is 12.0. The van der Waals surface area contributed by atoms with E-state index in [4.69, 9.17) is 21.1 Å². The Hall–Kier alpha value is -3.26. The van der Waals surface area contributed by atoms with Gasteiger partial charge in [-0.15, -0.1) is 0 Å². The molecular weight excluding hydrogens is 586 g/mol. The normalized spacial score (nSPS) is 14.5. The lowest BCUT2D eigenvalue weighted by atomic mass is 10.1. The fourth-order valence-electron chi connectivity index (χ4n) is 4.15. The topological polar surface area (TPSA) is 55.8 Å². The largest absolute Gasteiger partial charge is 0.490 e. The van der Waals surface area contributed by atoms with Gasteiger partial charge in [0.1, 0.15) is 6.61 Å². The monoisotopic (exact) mass is 607 g/mol. The van der Waals surface area contributed by atoms with Crippen molar-refractivity contribution in [3.05, 3.63) is 110 Å². The molecule has 8 heteroatoms. The molecule has 4 aromatic rings. The summed E-state index contributed by atoms with van der Waals surface area (Å²) in [5.74, 6) is 0.741. The van der Waals surface area contributed by atoms with E-state index in [0.717, 1.165) is 33.7 Å². The number of carbonyl (C=O) groups is 2. The van der Waals surface area contributed by atoms with Gasteiger partial charge in [0.25, 0.3) is 11.1 Å². The molecule has 2 amide bonds. The molecule has 1 heterocycles. The number of carbonyl (C=O) groups excluding carboxylic acids is 2. The van der Waals surface area contributed by atoms with Gasteiger partial charge in [-0.2, -0.15) is 0 Å². The van der Waals surface area contributed by atoms with Crippen molar-refractivity contribution in [2.24, 2.45) is 0 Å². The molecule has 0 unspecified atom stereocenters. The highest BCUT2D eigenvalue weighted by molar-refractivity contribution is 9.10. The van der Waals surface area contributed by atoms with Crippen LogP contribution in [0, 0.1) is 0 Å². The van der Waals surface area contributed by atoms with Crippen molar-refractivity contribution in [3.8, 4) is 11.5 Å². The lowest BCUT2D eigenvalue weighted by Gasteiger charge is -2.15. The van der Waals surface area contributed by atoms with E-state index in [-0.39, 0.29) is 24.3 Å². The lowest BCUT2D eigenvalue weighted by molar-refractivity contribution is -0.123. The molecular formula is C30H23BrClNO4S. The molecule has 0 aliphatic carbocycles. The standard InChI is InChI=1S/C30H23BrClNO4S/c1-2-36-26-15-20(14-24(31)28(26)37-18-23-9-5-6-10-25(23)32)16-27-29(34)33(30(35)38-27)17-19-11-12-21-7-3-4-8-22(21)13-19/h3-16H,2,17-18H2,1H3/b27-16-. The van der Waals surface area contributed by atoms with Gasteiger partial charge in [-0.3, -0.25) is 14.5 Å². The number of rotatable bonds is 8. The molecule has 0 spiro atoms. The van der Waals surface area contributed by atoms with Crippen LogP contribution in [0.3, 0.4) is 0 Å². The number of ether oxygens (including phenoxy) is 2. The molecule has 0 saturated carbocycles. The zero-order valence-corrected chi connectivity index (χ0v) is 23.6. The average Bonchev–Trinajstić information content (AvgIpc) is 3.16. The number of imide groups is 1. The molecule has 0 bridgehead atoms. The molecule has 0 N–H and O–H groups in total. The minimum Gasteiger partial charge on any atom is -0.490 e. The number of amides is 2. The van der Waals surface area contributed by atoms with Crippen molar-refractivity contribution >= 4 is 67.3 Å². The third-order valence-corrected chi connectivity index (χ3v) is 7.85. The van der Waals surface area contributed by atoms with Crippen LogP contribution < -0.4 is 9.47 Å². The second-order valence-corrected chi connectivity index (χ2v) is 10.8. The van der Waals surface area contributed by atoms with E-state index in [1.807, 2.05) is 79.7 Å². The second-order valence-electron chi connectivity index (χ2n) is 8.59. The van der Waals surface area contributed by atoms with Crippen molar-refractivity contribution in [1.29, 1.82) is 0 Å². The maximum Gasteiger partial charge on any atom is 0.293 e. The molecule has 5 rings (SSSR count). The van der Waals surface area contributed by atoms with Crippen LogP contribution in [-0.2, 0) is 17.9 Å². The van der Waals surface area contributed by atoms with E-state index >= 15 is 0 Å². The Morgan fingerprint density at radius 2 is 1.71 bits per heavy atom. The molecule has 0 radical (unpaired) electrons. The van der Waals surface area contributed by atoms with Crippen molar-refractivity contribution in [1.82, 2.24) is 4.90 Å². The number of nitrogens with zero attached hydrogens (tertiary/aromatic N) is 1. The van der Waals surface area contributed by atoms with Crippen LogP contribution in [0.2, 0.25) is 5.02 Å². The molecule has 4 aromatic carbocycles. The van der Waals surface area contributed by atoms with Crippen molar-refractivity contribution in [2.75, 3.05) is 6.61 Å². The van der Waals surface area contributed by atoms with Gasteiger partial charge in [0.2, 0.25) is 0 Å². The fourth-order valence-corrected chi connectivity index (χ4v) is 5.75. The van der Waals surface area contributed by atoms with Crippen LogP contribution in [0.25, 0.3) is 16.8 Å². The quantitative estimate of drug-likeness (QED) is 0.188. The van der Waals surface area contributed by atoms with Crippen molar-refractivity contribution in [2.45, 2.75) is 20.1 Å². The Labute approximate surface area is 238 Å². The van der Waals surface area contributed by atoms with Gasteiger partial charge < -0.3 is 9.47 Å². The molecule has 5 nitrogen and oxygen atoms in total. The average molecular weight is 609 g/mol. The number of hydrogen-bond acceptors (Lipinski definition) is 5. The molecule has 1 fully saturated rings. The van der Waals surface area contributed by atoms with E-state index < -0.39 is 0 Å². The molecule has 38 heavy (non-hydrogen) atoms. The van der Waals surface area contributed by atoms with Crippen LogP contribution in [-0.4, -0.2) is 22.7 Å². The molecule has 192 valence electrons. The van der Waals surface area contributed by atoms with Crippen LogP contribution in [0.5, 0.6) is 11.5 Å². The van der Waals surface area contributed by atoms with E-state index in [9.17, 15) is 9.59 Å². The Morgan fingerprint density at radius 3 is 2.50 bits per heavy atom. The Bertz CT molecular complexity index is 1570. The highest BCUT2D eigenvalue weighted by Gasteiger charge is 2.35. The van der Waals surface area contributed by atoms with Crippen LogP contribution in [0.1, 0.15) is 23.6 Å². The van der Waals surface area contributed by atoms with E-state index in [1.54, 1.807) is 12.1 Å². The molecule has 1 saturated heterocycles. The summed E-state index contributed by atoms with van der Waals surface area (Å²) in [5, 5.41) is 2.51. The van der Waals surface area contributed by atoms with Crippen molar-refractivity contribution < 1.29 is 19.1 Å². The van der Waals surface area contributed by atoms with Gasteiger partial charge in [-0.25, -0.2) is 0 Å². The third kappa shape index (κ3) is 5.75. The van der Waals surface area contributed by atoms with E-state index in [1.165, 1.54) is 4.90 Å². The zero-order chi connectivity index (χ0) is 26.6. The third-order valence-electron chi connectivity index (χ3n) is 5.99. The summed E-state index contributed by atoms with van der Waals surface area (Å²) in [4.78, 5) is 27.6. The number of benzene rings is 4. The maximum atomic E-state index is 13.2. The first-order valence-corrected chi connectivity index (χ1v) is 14.0. The minimum absolute atomic E-state index is 0.218. The Morgan fingerprint density at radius 1 is 0.947 bits per heavy atom. The van der Waals surface area contributed by atoms with Crippen LogP contribution >= 0.6 is 39.3 Å². The zero-order valence-electron chi connectivity index (χ0n) is 20.4. The summed E-state index contributed by atoms with van der Waals surface area (Å²) in [6, 6.07) is 25.1. The summed E-state index contributed by atoms with van der Waals surface area (Å²) in [7, 11) is 0. The summed E-state index contributed by atoms with van der Waals surface area (Å²) >= 11 is 10.8. The molecule has 1 aliphatic heterocycles. The maximum absolute atomic E-state index is 13.2. The smallest absolute Gasteiger partial charge is 0.293 e. The predicted molar refractivity (Wildman–Crippen MR) is 157 cm³/mol. The molecule has 0 atom stereocenters. The second kappa shape index (κ2) is 11.6. The van der Waals surface area contributed by atoms with E-state index in [0.29, 0.717) is 38.1 Å². The first kappa shape index (κ1) is 26.4. The highest BCUT2D eigenvalue weighted by atomic mass is 79.9. The van der Waals surface area contributed by atoms with Crippen LogP contribution in [0.4, 0.5) is 4.79 Å². The van der Waals surface area contributed by atoms with Gasteiger partial charge in [0.15, 0.2) is 11.5 Å². The molecule has 0 aromatic heterocycles. The fraction of sp³-hybridized carbons (Fsp3) is 0.133. The number of halogens is 2. The number of thioether (sulfide) groups is 1. The first-order chi connectivity index (χ1) is 18.4. The van der Waals surface area contributed by atoms with E-state index in [2.05, 4.69) is 15.9 Å². The van der Waals surface area contributed by atoms with Crippen molar-refractivity contribution in [3.63, 3.8) is 0 Å². The molecule has 1 aliphatic rings. The Balaban J connectivity index is 1.36. The Kier molecular flexibility index (Phi) is 8.07. The van der Waals surface area contributed by atoms with Gasteiger partial charge in [0.05, 0.1) is 22.5 Å². The predicted octanol–water partition coefficient (Wildman–Crippen LogP) is 8.47. The van der Waals surface area contributed by atoms with Gasteiger partial charge in [-0.05, 0) is 86.9 Å². The summed E-state index contributed by atoms with van der Waals surface area (Å²) in [5.41, 5.74) is 2.46. The number of fused-ring (bicyclic) bond motifs is 1. The summed E-state index contributed by atoms with van der Waals surface area (Å²) in [6.07, 6.45) is 1.70. The number of hydrogen-bond donors (Lipinski definition) is 0. The van der Waals surface area contributed by atoms with Gasteiger partial charge >= 0.3 is 0 Å². The SMILES string of the molecule is CCOc1cc(/C=C2\SC(=O)N(Cc3ccc4ccccc4c3)C2=O)cc(Br)c1OCc1ccccc1Cl. The summed E-state index contributed by atoms with van der Waals surface area (Å²) < 4.78 is 12.6. The van der Waals surface area contributed by atoms with Crippen LogP contribution in [0.15, 0.2) is 88.2 Å². The van der Waals surface area contributed by atoms with Gasteiger partial charge in [-0.1, -0.05) is 66.2 Å². The minimum atomic E-state index is -0.318.